The van der Waals surface area contributed by atoms with E-state index in [2.05, 4.69) is 37.9 Å². The summed E-state index contributed by atoms with van der Waals surface area (Å²) in [5, 5.41) is 0. The Morgan fingerprint density at radius 3 is 2.68 bits per heavy atom. The molecule has 0 saturated heterocycles. The van der Waals surface area contributed by atoms with Crippen LogP contribution in [0, 0.1) is 0 Å². The Labute approximate surface area is 116 Å². The van der Waals surface area contributed by atoms with Gasteiger partial charge >= 0.3 is 0 Å². The van der Waals surface area contributed by atoms with Crippen LogP contribution < -0.4 is 0 Å². The molecule has 19 heavy (non-hydrogen) atoms. The van der Waals surface area contributed by atoms with Crippen molar-refractivity contribution in [1.29, 1.82) is 0 Å². The molecule has 2 nitrogen and oxygen atoms in total. The van der Waals surface area contributed by atoms with E-state index in [0.29, 0.717) is 19.8 Å². The zero-order valence-electron chi connectivity index (χ0n) is 11.8. The van der Waals surface area contributed by atoms with E-state index in [9.17, 15) is 0 Å². The third-order valence-electron chi connectivity index (χ3n) is 3.30. The lowest BCUT2D eigenvalue weighted by molar-refractivity contribution is 0.142. The monoisotopic (exact) mass is 274 g/mol. The molecule has 0 amide bonds. The van der Waals surface area contributed by atoms with Crippen LogP contribution in [0.25, 0.3) is 0 Å². The average Bonchev–Trinajstić information content (AvgIpc) is 2.39. The van der Waals surface area contributed by atoms with Crippen molar-refractivity contribution in [3.63, 3.8) is 0 Å². The van der Waals surface area contributed by atoms with Gasteiger partial charge in [0.05, 0.1) is 19.8 Å². The molecule has 1 aromatic carbocycles. The van der Waals surface area contributed by atoms with Gasteiger partial charge in [0, 0.05) is 0 Å². The number of ether oxygens (including phenoxy) is 1. The first-order valence-corrected chi connectivity index (χ1v) is 9.81. The van der Waals surface area contributed by atoms with Crippen molar-refractivity contribution in [2.75, 3.05) is 13.2 Å². The van der Waals surface area contributed by atoms with Crippen molar-refractivity contribution >= 4 is 8.32 Å². The molecule has 0 N–H and O–H groups in total. The second kappa shape index (κ2) is 6.33. The van der Waals surface area contributed by atoms with Crippen molar-refractivity contribution < 1.29 is 9.16 Å². The highest BCUT2D eigenvalue weighted by Gasteiger charge is 2.25. The van der Waals surface area contributed by atoms with Crippen LogP contribution in [0.1, 0.15) is 5.56 Å². The molecule has 3 heteroatoms. The van der Waals surface area contributed by atoms with Crippen molar-refractivity contribution in [1.82, 2.24) is 0 Å². The Morgan fingerprint density at radius 2 is 2.05 bits per heavy atom. The SMILES string of the molecule is C=C(COCc1ccccc1)C1=CC[Si](C)(C)OC1. The summed E-state index contributed by atoms with van der Waals surface area (Å²) in [4.78, 5) is 0. The van der Waals surface area contributed by atoms with E-state index in [1.165, 1.54) is 11.1 Å². The maximum atomic E-state index is 5.92. The molecule has 0 atom stereocenters. The highest BCUT2D eigenvalue weighted by atomic mass is 28.4. The third-order valence-corrected chi connectivity index (χ3v) is 5.41. The van der Waals surface area contributed by atoms with Crippen LogP contribution in [-0.4, -0.2) is 21.5 Å². The van der Waals surface area contributed by atoms with Crippen LogP contribution in [0.4, 0.5) is 0 Å². The molecule has 0 spiro atoms. The Bertz CT molecular complexity index is 463. The Kier molecular flexibility index (Phi) is 4.74. The van der Waals surface area contributed by atoms with E-state index in [0.717, 1.165) is 11.6 Å². The van der Waals surface area contributed by atoms with Crippen LogP contribution in [0.5, 0.6) is 0 Å². The van der Waals surface area contributed by atoms with E-state index < -0.39 is 8.32 Å². The topological polar surface area (TPSA) is 18.5 Å². The van der Waals surface area contributed by atoms with Gasteiger partial charge in [0.25, 0.3) is 0 Å². The molecule has 0 fully saturated rings. The molecule has 0 aliphatic carbocycles. The number of allylic oxidation sites excluding steroid dienone is 1. The van der Waals surface area contributed by atoms with Crippen LogP contribution in [0.15, 0.2) is 54.1 Å². The van der Waals surface area contributed by atoms with E-state index in [1.807, 2.05) is 18.2 Å². The Hall–Kier alpha value is -1.16. The molecular formula is C16H22O2Si. The number of hydrogen-bond acceptors (Lipinski definition) is 2. The normalized spacial score (nSPS) is 17.9. The van der Waals surface area contributed by atoms with E-state index in [-0.39, 0.29) is 0 Å². The molecule has 0 radical (unpaired) electrons. The largest absolute Gasteiger partial charge is 0.413 e. The zero-order valence-corrected chi connectivity index (χ0v) is 12.8. The predicted molar refractivity (Wildman–Crippen MR) is 81.6 cm³/mol. The second-order valence-corrected chi connectivity index (χ2v) is 9.78. The minimum atomic E-state index is -1.42. The maximum Gasteiger partial charge on any atom is 0.190 e. The molecule has 2 rings (SSSR count). The molecule has 0 aromatic heterocycles. The minimum Gasteiger partial charge on any atom is -0.413 e. The van der Waals surface area contributed by atoms with Gasteiger partial charge in [-0.2, -0.15) is 0 Å². The zero-order chi connectivity index (χ0) is 13.7. The summed E-state index contributed by atoms with van der Waals surface area (Å²) >= 11 is 0. The van der Waals surface area contributed by atoms with Crippen LogP contribution in [-0.2, 0) is 15.8 Å². The molecule has 102 valence electrons. The molecule has 0 bridgehead atoms. The first-order valence-electron chi connectivity index (χ1n) is 6.70. The fourth-order valence-corrected chi connectivity index (χ4v) is 3.37. The summed E-state index contributed by atoms with van der Waals surface area (Å²) in [5.74, 6) is 0. The highest BCUT2D eigenvalue weighted by molar-refractivity contribution is 6.71. The van der Waals surface area contributed by atoms with E-state index in [1.54, 1.807) is 0 Å². The molecule has 1 aliphatic heterocycles. The lowest BCUT2D eigenvalue weighted by Crippen LogP contribution is -2.33. The van der Waals surface area contributed by atoms with Crippen molar-refractivity contribution in [3.05, 3.63) is 59.7 Å². The molecule has 1 heterocycles. The number of rotatable bonds is 5. The lowest BCUT2D eigenvalue weighted by Gasteiger charge is -2.28. The van der Waals surface area contributed by atoms with Crippen LogP contribution >= 0.6 is 0 Å². The first-order chi connectivity index (χ1) is 9.07. The summed E-state index contributed by atoms with van der Waals surface area (Å²) in [5.41, 5.74) is 3.44. The van der Waals surface area contributed by atoms with Crippen molar-refractivity contribution in [3.8, 4) is 0 Å². The van der Waals surface area contributed by atoms with Gasteiger partial charge in [0.15, 0.2) is 8.32 Å². The third kappa shape index (κ3) is 4.46. The van der Waals surface area contributed by atoms with E-state index >= 15 is 0 Å². The average molecular weight is 274 g/mol. The van der Waals surface area contributed by atoms with E-state index in [4.69, 9.17) is 9.16 Å². The molecule has 1 aromatic rings. The number of hydrogen-bond donors (Lipinski definition) is 0. The smallest absolute Gasteiger partial charge is 0.190 e. The van der Waals surface area contributed by atoms with Gasteiger partial charge in [0.2, 0.25) is 0 Å². The fraction of sp³-hybridized carbons (Fsp3) is 0.375. The second-order valence-electron chi connectivity index (χ2n) is 5.56. The quantitative estimate of drug-likeness (QED) is 0.758. The predicted octanol–water partition coefficient (Wildman–Crippen LogP) is 3.92. The maximum absolute atomic E-state index is 5.92. The summed E-state index contributed by atoms with van der Waals surface area (Å²) in [6.07, 6.45) is 2.28. The molecule has 0 saturated carbocycles. The Morgan fingerprint density at radius 1 is 1.32 bits per heavy atom. The van der Waals surface area contributed by atoms with Crippen LogP contribution in [0.3, 0.4) is 0 Å². The Balaban J connectivity index is 1.78. The summed E-state index contributed by atoms with van der Waals surface area (Å²) < 4.78 is 11.6. The number of benzene rings is 1. The van der Waals surface area contributed by atoms with Gasteiger partial charge in [-0.05, 0) is 35.8 Å². The van der Waals surface area contributed by atoms with Gasteiger partial charge in [-0.1, -0.05) is 43.0 Å². The highest BCUT2D eigenvalue weighted by Crippen LogP contribution is 2.23. The molecule has 0 unspecified atom stereocenters. The van der Waals surface area contributed by atoms with Crippen molar-refractivity contribution in [2.45, 2.75) is 25.7 Å². The first kappa shape index (κ1) is 14.3. The minimum absolute atomic E-state index is 0.575. The molecule has 1 aliphatic rings. The summed E-state index contributed by atoms with van der Waals surface area (Å²) in [7, 11) is -1.42. The standard InChI is InChI=1S/C16H22O2Si/c1-14(16-9-10-19(2,3)18-13-16)11-17-12-15-7-5-4-6-8-15/h4-9H,1,10-13H2,2-3H3. The van der Waals surface area contributed by atoms with Gasteiger partial charge < -0.3 is 9.16 Å². The van der Waals surface area contributed by atoms with Gasteiger partial charge in [-0.25, -0.2) is 0 Å². The summed E-state index contributed by atoms with van der Waals surface area (Å²) in [6.45, 7) is 10.5. The fourth-order valence-electron chi connectivity index (χ4n) is 1.97. The van der Waals surface area contributed by atoms with Crippen molar-refractivity contribution in [2.24, 2.45) is 0 Å². The van der Waals surface area contributed by atoms with Gasteiger partial charge in [-0.15, -0.1) is 0 Å². The lowest BCUT2D eigenvalue weighted by atomic mass is 10.1. The molecular weight excluding hydrogens is 252 g/mol. The van der Waals surface area contributed by atoms with Gasteiger partial charge in [0.1, 0.15) is 0 Å². The van der Waals surface area contributed by atoms with Gasteiger partial charge in [-0.3, -0.25) is 0 Å². The van der Waals surface area contributed by atoms with Crippen LogP contribution in [0.2, 0.25) is 19.1 Å². The summed E-state index contributed by atoms with van der Waals surface area (Å²) in [6, 6.07) is 11.3.